The lowest BCUT2D eigenvalue weighted by atomic mass is 10.1. The second-order valence-electron chi connectivity index (χ2n) is 3.73. The lowest BCUT2D eigenvalue weighted by molar-refractivity contribution is 0.00932. The number of aliphatic hydroxyl groups excluding tert-OH is 3. The molecule has 0 aromatic heterocycles. The molecule has 0 saturated heterocycles. The highest BCUT2D eigenvalue weighted by molar-refractivity contribution is 5.89. The molecular weight excluding hydrogens is 224 g/mol. The number of rotatable bonds is 5. The summed E-state index contributed by atoms with van der Waals surface area (Å²) in [5.74, 6) is -0.574. The summed E-state index contributed by atoms with van der Waals surface area (Å²) in [5, 5.41) is 26.8. The van der Waals surface area contributed by atoms with Crippen LogP contribution in [0.1, 0.15) is 28.9 Å². The third-order valence-corrected chi connectivity index (χ3v) is 2.25. The topological polar surface area (TPSA) is 87.0 Å². The van der Waals surface area contributed by atoms with E-state index in [0.717, 1.165) is 0 Å². The largest absolute Gasteiger partial charge is 0.459 e. The summed E-state index contributed by atoms with van der Waals surface area (Å²) in [5.41, 5.74) is 1.04. The van der Waals surface area contributed by atoms with Crippen molar-refractivity contribution in [1.82, 2.24) is 0 Å². The zero-order valence-corrected chi connectivity index (χ0v) is 9.54. The van der Waals surface area contributed by atoms with Crippen molar-refractivity contribution in [3.8, 4) is 0 Å². The Hall–Kier alpha value is -1.43. The van der Waals surface area contributed by atoms with Crippen LogP contribution in [0.4, 0.5) is 0 Å². The standard InChI is InChI=1S/C12H16O5/c1-8(14)9-2-4-10(5-3-9)12(16)17-7-11(15)6-13/h2-5,8,11,13-15H,6-7H2,1H3/t8-,11?/m1/s1. The predicted molar refractivity (Wildman–Crippen MR) is 60.5 cm³/mol. The van der Waals surface area contributed by atoms with E-state index in [0.29, 0.717) is 11.1 Å². The van der Waals surface area contributed by atoms with E-state index in [1.165, 1.54) is 12.1 Å². The summed E-state index contributed by atoms with van der Waals surface area (Å²) in [6.45, 7) is 0.937. The Morgan fingerprint density at radius 2 is 1.88 bits per heavy atom. The van der Waals surface area contributed by atoms with E-state index in [4.69, 9.17) is 14.9 Å². The minimum Gasteiger partial charge on any atom is -0.459 e. The number of ether oxygens (including phenoxy) is 1. The first-order chi connectivity index (χ1) is 8.04. The van der Waals surface area contributed by atoms with Crippen LogP contribution < -0.4 is 0 Å². The summed E-state index contributed by atoms with van der Waals surface area (Å²) in [7, 11) is 0. The highest BCUT2D eigenvalue weighted by atomic mass is 16.5. The summed E-state index contributed by atoms with van der Waals surface area (Å²) >= 11 is 0. The maximum absolute atomic E-state index is 11.5. The molecule has 1 unspecified atom stereocenters. The first-order valence-corrected chi connectivity index (χ1v) is 5.28. The van der Waals surface area contributed by atoms with Crippen molar-refractivity contribution in [2.75, 3.05) is 13.2 Å². The second-order valence-corrected chi connectivity index (χ2v) is 3.73. The van der Waals surface area contributed by atoms with Crippen LogP contribution in [-0.2, 0) is 4.74 Å². The summed E-state index contributed by atoms with van der Waals surface area (Å²) in [6.07, 6.45) is -1.65. The molecule has 0 bridgehead atoms. The van der Waals surface area contributed by atoms with Gasteiger partial charge in [-0.1, -0.05) is 12.1 Å². The van der Waals surface area contributed by atoms with Crippen molar-refractivity contribution in [2.45, 2.75) is 19.1 Å². The SMILES string of the molecule is C[C@@H](O)c1ccc(C(=O)OCC(O)CO)cc1. The summed E-state index contributed by atoms with van der Waals surface area (Å²) in [6, 6.07) is 6.33. The maximum Gasteiger partial charge on any atom is 0.338 e. The van der Waals surface area contributed by atoms with Crippen LogP contribution in [0, 0.1) is 0 Å². The molecule has 5 nitrogen and oxygen atoms in total. The summed E-state index contributed by atoms with van der Waals surface area (Å²) < 4.78 is 4.77. The van der Waals surface area contributed by atoms with Gasteiger partial charge >= 0.3 is 5.97 Å². The molecule has 0 fully saturated rings. The average Bonchev–Trinajstić information content (AvgIpc) is 2.35. The Labute approximate surface area is 99.3 Å². The molecular formula is C12H16O5. The number of aliphatic hydroxyl groups is 3. The van der Waals surface area contributed by atoms with E-state index < -0.39 is 24.8 Å². The Morgan fingerprint density at radius 3 is 2.35 bits per heavy atom. The number of hydrogen-bond donors (Lipinski definition) is 3. The van der Waals surface area contributed by atoms with Gasteiger partial charge in [-0.05, 0) is 24.6 Å². The van der Waals surface area contributed by atoms with Gasteiger partial charge in [0.05, 0.1) is 18.3 Å². The molecule has 5 heteroatoms. The summed E-state index contributed by atoms with van der Waals surface area (Å²) in [4.78, 5) is 11.5. The van der Waals surface area contributed by atoms with Gasteiger partial charge in [-0.3, -0.25) is 0 Å². The van der Waals surface area contributed by atoms with Gasteiger partial charge in [-0.15, -0.1) is 0 Å². The minimum atomic E-state index is -1.06. The van der Waals surface area contributed by atoms with Crippen molar-refractivity contribution in [3.63, 3.8) is 0 Å². The van der Waals surface area contributed by atoms with Gasteiger partial charge in [0.2, 0.25) is 0 Å². The van der Waals surface area contributed by atoms with Gasteiger partial charge in [0.1, 0.15) is 12.7 Å². The Kier molecular flexibility index (Phi) is 5.09. The van der Waals surface area contributed by atoms with E-state index in [1.54, 1.807) is 19.1 Å². The van der Waals surface area contributed by atoms with Gasteiger partial charge in [-0.25, -0.2) is 4.79 Å². The zero-order chi connectivity index (χ0) is 12.8. The molecule has 3 N–H and O–H groups in total. The molecule has 17 heavy (non-hydrogen) atoms. The van der Waals surface area contributed by atoms with Crippen LogP contribution in [0.15, 0.2) is 24.3 Å². The molecule has 0 aliphatic rings. The van der Waals surface area contributed by atoms with Crippen molar-refractivity contribution in [1.29, 1.82) is 0 Å². The Balaban J connectivity index is 2.58. The molecule has 1 aromatic rings. The number of esters is 1. The first-order valence-electron chi connectivity index (χ1n) is 5.28. The molecule has 2 atom stereocenters. The molecule has 0 heterocycles. The third-order valence-electron chi connectivity index (χ3n) is 2.25. The number of carbonyl (C=O) groups is 1. The zero-order valence-electron chi connectivity index (χ0n) is 9.54. The highest BCUT2D eigenvalue weighted by Gasteiger charge is 2.10. The highest BCUT2D eigenvalue weighted by Crippen LogP contribution is 2.13. The minimum absolute atomic E-state index is 0.243. The fourth-order valence-corrected chi connectivity index (χ4v) is 1.21. The number of benzene rings is 1. The normalized spacial score (nSPS) is 14.1. The Bertz CT molecular complexity index is 358. The monoisotopic (exact) mass is 240 g/mol. The van der Waals surface area contributed by atoms with E-state index >= 15 is 0 Å². The Morgan fingerprint density at radius 1 is 1.29 bits per heavy atom. The fourth-order valence-electron chi connectivity index (χ4n) is 1.21. The van der Waals surface area contributed by atoms with Crippen molar-refractivity contribution < 1.29 is 24.9 Å². The maximum atomic E-state index is 11.5. The van der Waals surface area contributed by atoms with E-state index in [2.05, 4.69) is 0 Å². The van der Waals surface area contributed by atoms with Crippen molar-refractivity contribution in [2.24, 2.45) is 0 Å². The number of carbonyl (C=O) groups excluding carboxylic acids is 1. The molecule has 0 saturated carbocycles. The second kappa shape index (κ2) is 6.34. The predicted octanol–water partition coefficient (Wildman–Crippen LogP) is 0.250. The van der Waals surface area contributed by atoms with Crippen LogP contribution in [0.25, 0.3) is 0 Å². The fraction of sp³-hybridized carbons (Fsp3) is 0.417. The van der Waals surface area contributed by atoms with E-state index in [9.17, 15) is 9.90 Å². The lowest BCUT2D eigenvalue weighted by Crippen LogP contribution is -2.21. The van der Waals surface area contributed by atoms with Gasteiger partial charge in [0, 0.05) is 0 Å². The average molecular weight is 240 g/mol. The van der Waals surface area contributed by atoms with Crippen LogP contribution >= 0.6 is 0 Å². The number of hydrogen-bond acceptors (Lipinski definition) is 5. The van der Waals surface area contributed by atoms with Gasteiger partial charge in [0.15, 0.2) is 0 Å². The van der Waals surface area contributed by atoms with Crippen LogP contribution in [0.2, 0.25) is 0 Å². The lowest BCUT2D eigenvalue weighted by Gasteiger charge is -2.09. The molecule has 94 valence electrons. The third kappa shape index (κ3) is 4.14. The van der Waals surface area contributed by atoms with Crippen molar-refractivity contribution >= 4 is 5.97 Å². The molecule has 0 amide bonds. The van der Waals surface area contributed by atoms with E-state index in [-0.39, 0.29) is 6.61 Å². The molecule has 1 aromatic carbocycles. The molecule has 1 rings (SSSR count). The van der Waals surface area contributed by atoms with E-state index in [1.807, 2.05) is 0 Å². The first kappa shape index (κ1) is 13.6. The van der Waals surface area contributed by atoms with Crippen molar-refractivity contribution in [3.05, 3.63) is 35.4 Å². The molecule has 0 aliphatic heterocycles. The quantitative estimate of drug-likeness (QED) is 0.642. The molecule has 0 radical (unpaired) electrons. The van der Waals surface area contributed by atoms with Gasteiger partial charge < -0.3 is 20.1 Å². The van der Waals surface area contributed by atoms with Gasteiger partial charge in [0.25, 0.3) is 0 Å². The smallest absolute Gasteiger partial charge is 0.338 e. The molecule has 0 aliphatic carbocycles. The van der Waals surface area contributed by atoms with Crippen LogP contribution in [-0.4, -0.2) is 40.6 Å². The van der Waals surface area contributed by atoms with Gasteiger partial charge in [-0.2, -0.15) is 0 Å². The van der Waals surface area contributed by atoms with Crippen LogP contribution in [0.3, 0.4) is 0 Å². The van der Waals surface area contributed by atoms with Crippen LogP contribution in [0.5, 0.6) is 0 Å². The molecule has 0 spiro atoms.